The van der Waals surface area contributed by atoms with E-state index in [1.165, 1.54) is 23.8 Å². The van der Waals surface area contributed by atoms with Crippen LogP contribution >= 0.6 is 0 Å². The molecule has 0 saturated carbocycles. The highest BCUT2D eigenvalue weighted by molar-refractivity contribution is 5.90. The molecule has 3 rings (SSSR count). The zero-order chi connectivity index (χ0) is 15.7. The molecule has 2 heterocycles. The Kier molecular flexibility index (Phi) is 3.58. The van der Waals surface area contributed by atoms with Gasteiger partial charge in [-0.05, 0) is 25.1 Å². The first-order valence-corrected chi connectivity index (χ1v) is 6.86. The number of benzene rings is 1. The maximum atomic E-state index is 14.1. The topological polar surface area (TPSA) is 57.0 Å². The van der Waals surface area contributed by atoms with Gasteiger partial charge in [-0.25, -0.2) is 4.39 Å². The predicted molar refractivity (Wildman–Crippen MR) is 81.4 cm³/mol. The number of methoxy groups -OCH3 is 1. The monoisotopic (exact) mass is 299 g/mol. The largest absolute Gasteiger partial charge is 0.467 e. The molecule has 0 radical (unpaired) electrons. The number of ether oxygens (including phenoxy) is 1. The second-order valence-corrected chi connectivity index (χ2v) is 4.69. The number of aromatic nitrogens is 3. The average Bonchev–Trinajstić information content (AvgIpc) is 2.54. The van der Waals surface area contributed by atoms with E-state index in [2.05, 4.69) is 9.97 Å². The number of halogens is 1. The lowest BCUT2D eigenvalue weighted by molar-refractivity contribution is 0.381. The van der Waals surface area contributed by atoms with Crippen molar-refractivity contribution in [2.24, 2.45) is 0 Å². The first-order chi connectivity index (χ1) is 10.7. The van der Waals surface area contributed by atoms with Crippen LogP contribution in [-0.4, -0.2) is 21.6 Å². The lowest BCUT2D eigenvalue weighted by atomic mass is 10.1. The van der Waals surface area contributed by atoms with E-state index >= 15 is 0 Å². The molecule has 0 aliphatic carbocycles. The van der Waals surface area contributed by atoms with Gasteiger partial charge in [0.15, 0.2) is 5.65 Å². The van der Waals surface area contributed by atoms with E-state index in [9.17, 15) is 9.18 Å². The van der Waals surface area contributed by atoms with Crippen molar-refractivity contribution in [3.8, 4) is 17.3 Å². The maximum absolute atomic E-state index is 14.1. The third-order valence-electron chi connectivity index (χ3n) is 3.45. The second-order valence-electron chi connectivity index (χ2n) is 4.69. The van der Waals surface area contributed by atoms with Gasteiger partial charge in [0.05, 0.1) is 12.8 Å². The summed E-state index contributed by atoms with van der Waals surface area (Å²) in [6.07, 6.45) is 0. The Morgan fingerprint density at radius 1 is 1.18 bits per heavy atom. The highest BCUT2D eigenvalue weighted by Crippen LogP contribution is 2.28. The standard InChI is InChI=1S/C16H14FN3O2/c1-3-20-13(21)9-8-11-14(10-6-4-5-7-12(10)17)18-16(22-2)19-15(11)20/h4-9H,3H2,1-2H3. The highest BCUT2D eigenvalue weighted by Gasteiger charge is 2.15. The first kappa shape index (κ1) is 14.2. The van der Waals surface area contributed by atoms with Gasteiger partial charge in [-0.15, -0.1) is 0 Å². The fourth-order valence-electron chi connectivity index (χ4n) is 2.40. The summed E-state index contributed by atoms with van der Waals surface area (Å²) in [7, 11) is 1.43. The van der Waals surface area contributed by atoms with Crippen molar-refractivity contribution in [2.75, 3.05) is 7.11 Å². The van der Waals surface area contributed by atoms with Crippen molar-refractivity contribution >= 4 is 11.0 Å². The van der Waals surface area contributed by atoms with Crippen LogP contribution in [0, 0.1) is 5.82 Å². The molecular weight excluding hydrogens is 285 g/mol. The van der Waals surface area contributed by atoms with Crippen molar-refractivity contribution in [2.45, 2.75) is 13.5 Å². The molecule has 0 aliphatic heterocycles. The smallest absolute Gasteiger partial charge is 0.318 e. The van der Waals surface area contributed by atoms with E-state index in [1.807, 2.05) is 6.92 Å². The number of hydrogen-bond acceptors (Lipinski definition) is 4. The maximum Gasteiger partial charge on any atom is 0.318 e. The van der Waals surface area contributed by atoms with Gasteiger partial charge < -0.3 is 4.74 Å². The van der Waals surface area contributed by atoms with E-state index in [0.29, 0.717) is 28.8 Å². The molecule has 3 aromatic rings. The Balaban J connectivity index is 2.44. The molecule has 0 aliphatic rings. The molecule has 0 N–H and O–H groups in total. The zero-order valence-electron chi connectivity index (χ0n) is 12.2. The van der Waals surface area contributed by atoms with E-state index in [-0.39, 0.29) is 17.4 Å². The number of nitrogens with zero attached hydrogens (tertiary/aromatic N) is 3. The third-order valence-corrected chi connectivity index (χ3v) is 3.45. The van der Waals surface area contributed by atoms with Crippen LogP contribution in [0.5, 0.6) is 6.01 Å². The van der Waals surface area contributed by atoms with E-state index in [0.717, 1.165) is 0 Å². The molecule has 1 aromatic carbocycles. The van der Waals surface area contributed by atoms with Crippen LogP contribution in [0.4, 0.5) is 4.39 Å². The van der Waals surface area contributed by atoms with Gasteiger partial charge in [0.1, 0.15) is 5.82 Å². The normalized spacial score (nSPS) is 10.9. The van der Waals surface area contributed by atoms with Crippen molar-refractivity contribution in [3.63, 3.8) is 0 Å². The Morgan fingerprint density at radius 2 is 1.95 bits per heavy atom. The molecule has 112 valence electrons. The molecular formula is C16H14FN3O2. The summed E-state index contributed by atoms with van der Waals surface area (Å²) in [6.45, 7) is 2.30. The number of rotatable bonds is 3. The summed E-state index contributed by atoms with van der Waals surface area (Å²) in [5.74, 6) is -0.390. The minimum atomic E-state index is -0.390. The van der Waals surface area contributed by atoms with Gasteiger partial charge in [0.2, 0.25) is 0 Å². The van der Waals surface area contributed by atoms with Crippen LogP contribution in [0.3, 0.4) is 0 Å². The van der Waals surface area contributed by atoms with Crippen molar-refractivity contribution in [1.29, 1.82) is 0 Å². The summed E-state index contributed by atoms with van der Waals surface area (Å²) >= 11 is 0. The molecule has 0 fully saturated rings. The van der Waals surface area contributed by atoms with Crippen LogP contribution in [0.2, 0.25) is 0 Å². The van der Waals surface area contributed by atoms with Gasteiger partial charge in [-0.2, -0.15) is 9.97 Å². The van der Waals surface area contributed by atoms with Crippen molar-refractivity contribution < 1.29 is 9.13 Å². The fourth-order valence-corrected chi connectivity index (χ4v) is 2.40. The van der Waals surface area contributed by atoms with Crippen LogP contribution < -0.4 is 10.3 Å². The molecule has 0 bridgehead atoms. The number of pyridine rings is 1. The van der Waals surface area contributed by atoms with Crippen molar-refractivity contribution in [1.82, 2.24) is 14.5 Å². The average molecular weight is 299 g/mol. The van der Waals surface area contributed by atoms with Crippen molar-refractivity contribution in [3.05, 3.63) is 52.6 Å². The third kappa shape index (κ3) is 2.22. The van der Waals surface area contributed by atoms with E-state index in [4.69, 9.17) is 4.74 Å². The summed E-state index contributed by atoms with van der Waals surface area (Å²) < 4.78 is 20.7. The van der Waals surface area contributed by atoms with Gasteiger partial charge in [-0.1, -0.05) is 12.1 Å². The molecule has 5 nitrogen and oxygen atoms in total. The molecule has 0 amide bonds. The van der Waals surface area contributed by atoms with E-state index in [1.54, 1.807) is 24.3 Å². The van der Waals surface area contributed by atoms with Crippen LogP contribution in [0.15, 0.2) is 41.2 Å². The molecule has 2 aromatic heterocycles. The minimum Gasteiger partial charge on any atom is -0.467 e. The summed E-state index contributed by atoms with van der Waals surface area (Å²) in [4.78, 5) is 20.5. The quantitative estimate of drug-likeness (QED) is 0.746. The Labute approximate surface area is 126 Å². The lowest BCUT2D eigenvalue weighted by Gasteiger charge is -2.12. The summed E-state index contributed by atoms with van der Waals surface area (Å²) in [5, 5.41) is 0.604. The number of aryl methyl sites for hydroxylation is 1. The lowest BCUT2D eigenvalue weighted by Crippen LogP contribution is -2.19. The van der Waals surface area contributed by atoms with Crippen LogP contribution in [0.1, 0.15) is 6.92 Å². The molecule has 6 heteroatoms. The zero-order valence-corrected chi connectivity index (χ0v) is 12.2. The molecule has 22 heavy (non-hydrogen) atoms. The molecule has 0 atom stereocenters. The Bertz CT molecular complexity index is 906. The number of fused-ring (bicyclic) bond motifs is 1. The molecule has 0 unspecified atom stereocenters. The number of hydrogen-bond donors (Lipinski definition) is 0. The first-order valence-electron chi connectivity index (χ1n) is 6.86. The Hall–Kier alpha value is -2.76. The van der Waals surface area contributed by atoms with Gasteiger partial charge in [0, 0.05) is 23.6 Å². The van der Waals surface area contributed by atoms with Gasteiger partial charge in [0.25, 0.3) is 5.56 Å². The fraction of sp³-hybridized carbons (Fsp3) is 0.188. The van der Waals surface area contributed by atoms with Gasteiger partial charge in [-0.3, -0.25) is 9.36 Å². The molecule has 0 saturated heterocycles. The highest BCUT2D eigenvalue weighted by atomic mass is 19.1. The SMILES string of the molecule is CCn1c(=O)ccc2c(-c3ccccc3F)nc(OC)nc21. The molecule has 0 spiro atoms. The Morgan fingerprint density at radius 3 is 2.64 bits per heavy atom. The minimum absolute atomic E-state index is 0.0959. The predicted octanol–water partition coefficient (Wildman–Crippen LogP) is 2.63. The summed E-state index contributed by atoms with van der Waals surface area (Å²) in [5.41, 5.74) is 1.01. The summed E-state index contributed by atoms with van der Waals surface area (Å²) in [6, 6.07) is 9.50. The van der Waals surface area contributed by atoms with Crippen LogP contribution in [-0.2, 0) is 6.54 Å². The van der Waals surface area contributed by atoms with Crippen LogP contribution in [0.25, 0.3) is 22.3 Å². The van der Waals surface area contributed by atoms with E-state index < -0.39 is 0 Å². The second kappa shape index (κ2) is 5.55. The van der Waals surface area contributed by atoms with Gasteiger partial charge >= 0.3 is 6.01 Å².